The summed E-state index contributed by atoms with van der Waals surface area (Å²) in [6.07, 6.45) is 3.49. The SMILES string of the molecule is Cc1cnc(CNc2cc(N)nc(C(C)C)n2)cn1. The van der Waals surface area contributed by atoms with Gasteiger partial charge in [0.1, 0.15) is 17.5 Å². The molecular weight excluding hydrogens is 240 g/mol. The van der Waals surface area contributed by atoms with Gasteiger partial charge in [0.15, 0.2) is 0 Å². The third kappa shape index (κ3) is 3.61. The summed E-state index contributed by atoms with van der Waals surface area (Å²) < 4.78 is 0. The van der Waals surface area contributed by atoms with Gasteiger partial charge in [-0.3, -0.25) is 9.97 Å². The third-order valence-electron chi connectivity index (χ3n) is 2.56. The standard InChI is InChI=1S/C13H18N6/c1-8(2)13-18-11(14)4-12(19-13)17-7-10-6-15-9(3)5-16-10/h4-6,8H,7H2,1-3H3,(H3,14,17,18,19). The zero-order valence-corrected chi connectivity index (χ0v) is 11.4. The Hall–Kier alpha value is -2.24. The largest absolute Gasteiger partial charge is 0.384 e. The molecule has 2 rings (SSSR count). The molecule has 0 aliphatic heterocycles. The van der Waals surface area contributed by atoms with Crippen LogP contribution in [0, 0.1) is 6.92 Å². The quantitative estimate of drug-likeness (QED) is 0.870. The molecule has 0 aliphatic rings. The Morgan fingerprint density at radius 1 is 1.21 bits per heavy atom. The van der Waals surface area contributed by atoms with Crippen molar-refractivity contribution >= 4 is 11.6 Å². The number of nitrogen functional groups attached to an aromatic ring is 1. The average Bonchev–Trinajstić information content (AvgIpc) is 2.37. The highest BCUT2D eigenvalue weighted by Crippen LogP contribution is 2.15. The number of anilines is 2. The summed E-state index contributed by atoms with van der Waals surface area (Å²) in [6.45, 7) is 6.53. The molecule has 0 aliphatic carbocycles. The smallest absolute Gasteiger partial charge is 0.135 e. The normalized spacial score (nSPS) is 10.7. The van der Waals surface area contributed by atoms with Crippen molar-refractivity contribution in [3.05, 3.63) is 35.7 Å². The maximum Gasteiger partial charge on any atom is 0.135 e. The number of rotatable bonds is 4. The van der Waals surface area contributed by atoms with Gasteiger partial charge in [0.25, 0.3) is 0 Å². The van der Waals surface area contributed by atoms with Crippen LogP contribution in [-0.2, 0) is 6.54 Å². The minimum absolute atomic E-state index is 0.239. The Morgan fingerprint density at radius 2 is 2.00 bits per heavy atom. The van der Waals surface area contributed by atoms with E-state index < -0.39 is 0 Å². The molecule has 19 heavy (non-hydrogen) atoms. The number of hydrogen-bond donors (Lipinski definition) is 2. The van der Waals surface area contributed by atoms with Gasteiger partial charge in [-0.2, -0.15) is 0 Å². The summed E-state index contributed by atoms with van der Waals surface area (Å²) in [5, 5.41) is 3.18. The lowest BCUT2D eigenvalue weighted by molar-refractivity contribution is 0.776. The molecule has 2 aromatic rings. The summed E-state index contributed by atoms with van der Waals surface area (Å²) in [5.74, 6) is 2.15. The van der Waals surface area contributed by atoms with Crippen molar-refractivity contribution in [2.75, 3.05) is 11.1 Å². The summed E-state index contributed by atoms with van der Waals surface area (Å²) in [4.78, 5) is 17.1. The first-order valence-electron chi connectivity index (χ1n) is 6.20. The average molecular weight is 258 g/mol. The number of nitrogens with one attached hydrogen (secondary N) is 1. The van der Waals surface area contributed by atoms with E-state index in [0.29, 0.717) is 18.2 Å². The Kier molecular flexibility index (Phi) is 3.89. The molecular formula is C13H18N6. The van der Waals surface area contributed by atoms with Crippen molar-refractivity contribution < 1.29 is 0 Å². The molecule has 0 saturated carbocycles. The van der Waals surface area contributed by atoms with Crippen LogP contribution in [0.3, 0.4) is 0 Å². The lowest BCUT2D eigenvalue weighted by atomic mass is 10.2. The highest BCUT2D eigenvalue weighted by molar-refractivity contribution is 5.45. The van der Waals surface area contributed by atoms with Crippen LogP contribution >= 0.6 is 0 Å². The van der Waals surface area contributed by atoms with Gasteiger partial charge in [-0.05, 0) is 6.92 Å². The molecule has 2 heterocycles. The molecule has 0 saturated heterocycles. The highest BCUT2D eigenvalue weighted by atomic mass is 15.1. The predicted octanol–water partition coefficient (Wildman–Crippen LogP) is 1.89. The van der Waals surface area contributed by atoms with Crippen molar-refractivity contribution in [3.8, 4) is 0 Å². The number of nitrogens with zero attached hydrogens (tertiary/aromatic N) is 4. The van der Waals surface area contributed by atoms with Crippen LogP contribution in [-0.4, -0.2) is 19.9 Å². The molecule has 6 nitrogen and oxygen atoms in total. The first-order chi connectivity index (χ1) is 9.04. The second-order valence-corrected chi connectivity index (χ2v) is 4.69. The topological polar surface area (TPSA) is 89.6 Å². The van der Waals surface area contributed by atoms with E-state index in [9.17, 15) is 0 Å². The van der Waals surface area contributed by atoms with Crippen LogP contribution in [0.15, 0.2) is 18.5 Å². The van der Waals surface area contributed by atoms with Crippen LogP contribution in [0.1, 0.15) is 37.0 Å². The minimum Gasteiger partial charge on any atom is -0.384 e. The summed E-state index contributed by atoms with van der Waals surface area (Å²) >= 11 is 0. The Labute approximate surface area is 112 Å². The van der Waals surface area contributed by atoms with Gasteiger partial charge >= 0.3 is 0 Å². The molecule has 0 atom stereocenters. The Balaban J connectivity index is 2.08. The molecule has 3 N–H and O–H groups in total. The summed E-state index contributed by atoms with van der Waals surface area (Å²) in [6, 6.07) is 1.72. The van der Waals surface area contributed by atoms with Crippen molar-refractivity contribution in [3.63, 3.8) is 0 Å². The first-order valence-corrected chi connectivity index (χ1v) is 6.20. The van der Waals surface area contributed by atoms with Gasteiger partial charge in [0, 0.05) is 18.2 Å². The van der Waals surface area contributed by atoms with Crippen LogP contribution in [0.4, 0.5) is 11.6 Å². The lowest BCUT2D eigenvalue weighted by Crippen LogP contribution is -2.08. The van der Waals surface area contributed by atoms with Crippen molar-refractivity contribution in [1.29, 1.82) is 0 Å². The lowest BCUT2D eigenvalue weighted by Gasteiger charge is -2.09. The van der Waals surface area contributed by atoms with Crippen LogP contribution in [0.25, 0.3) is 0 Å². The fraction of sp³-hybridized carbons (Fsp3) is 0.385. The zero-order valence-electron chi connectivity index (χ0n) is 11.4. The van der Waals surface area contributed by atoms with Gasteiger partial charge in [-0.25, -0.2) is 9.97 Å². The number of aryl methyl sites for hydroxylation is 1. The maximum absolute atomic E-state index is 5.77. The van der Waals surface area contributed by atoms with Crippen LogP contribution in [0.2, 0.25) is 0 Å². The van der Waals surface area contributed by atoms with Gasteiger partial charge in [-0.15, -0.1) is 0 Å². The third-order valence-corrected chi connectivity index (χ3v) is 2.56. The van der Waals surface area contributed by atoms with Gasteiger partial charge < -0.3 is 11.1 Å². The van der Waals surface area contributed by atoms with E-state index in [1.165, 1.54) is 0 Å². The van der Waals surface area contributed by atoms with Gasteiger partial charge in [-0.1, -0.05) is 13.8 Å². The molecule has 0 radical (unpaired) electrons. The summed E-state index contributed by atoms with van der Waals surface area (Å²) in [7, 11) is 0. The van der Waals surface area contributed by atoms with E-state index >= 15 is 0 Å². The molecule has 100 valence electrons. The second-order valence-electron chi connectivity index (χ2n) is 4.69. The fourth-order valence-corrected chi connectivity index (χ4v) is 1.53. The Morgan fingerprint density at radius 3 is 2.63 bits per heavy atom. The molecule has 0 spiro atoms. The molecule has 6 heteroatoms. The fourth-order valence-electron chi connectivity index (χ4n) is 1.53. The van der Waals surface area contributed by atoms with Crippen molar-refractivity contribution in [1.82, 2.24) is 19.9 Å². The van der Waals surface area contributed by atoms with E-state index in [1.807, 2.05) is 20.8 Å². The molecule has 0 aromatic carbocycles. The number of hydrogen-bond acceptors (Lipinski definition) is 6. The first kappa shape index (κ1) is 13.2. The van der Waals surface area contributed by atoms with E-state index in [1.54, 1.807) is 18.5 Å². The van der Waals surface area contributed by atoms with E-state index in [4.69, 9.17) is 5.73 Å². The zero-order chi connectivity index (χ0) is 13.8. The van der Waals surface area contributed by atoms with E-state index in [-0.39, 0.29) is 5.92 Å². The monoisotopic (exact) mass is 258 g/mol. The molecule has 2 aromatic heterocycles. The van der Waals surface area contributed by atoms with Crippen molar-refractivity contribution in [2.24, 2.45) is 0 Å². The molecule has 0 amide bonds. The molecule has 0 fully saturated rings. The summed E-state index contributed by atoms with van der Waals surface area (Å²) in [5.41, 5.74) is 7.52. The van der Waals surface area contributed by atoms with Crippen LogP contribution < -0.4 is 11.1 Å². The maximum atomic E-state index is 5.77. The number of nitrogens with two attached hydrogens (primary N) is 1. The van der Waals surface area contributed by atoms with E-state index in [0.717, 1.165) is 17.2 Å². The van der Waals surface area contributed by atoms with E-state index in [2.05, 4.69) is 25.3 Å². The Bertz CT molecular complexity index is 550. The molecule has 0 unspecified atom stereocenters. The van der Waals surface area contributed by atoms with Gasteiger partial charge in [0.05, 0.1) is 24.1 Å². The van der Waals surface area contributed by atoms with Crippen LogP contribution in [0.5, 0.6) is 0 Å². The highest BCUT2D eigenvalue weighted by Gasteiger charge is 2.06. The number of aromatic nitrogens is 4. The molecule has 0 bridgehead atoms. The predicted molar refractivity (Wildman–Crippen MR) is 74.6 cm³/mol. The minimum atomic E-state index is 0.239. The van der Waals surface area contributed by atoms with Crippen molar-refractivity contribution in [2.45, 2.75) is 33.2 Å². The second kappa shape index (κ2) is 5.60. The van der Waals surface area contributed by atoms with Gasteiger partial charge in [0.2, 0.25) is 0 Å².